The zero-order chi connectivity index (χ0) is 13.3. The van der Waals surface area contributed by atoms with Gasteiger partial charge in [-0.2, -0.15) is 0 Å². The first kappa shape index (κ1) is 13.0. The number of carbonyl (C=O) groups excluding carboxylic acids is 3. The first-order valence-corrected chi connectivity index (χ1v) is 6.44. The topological polar surface area (TPSA) is 54.5 Å². The second-order valence-corrected chi connectivity index (χ2v) is 5.12. The van der Waals surface area contributed by atoms with Gasteiger partial charge in [-0.05, 0) is 19.1 Å². The summed E-state index contributed by atoms with van der Waals surface area (Å²) in [5.74, 6) is -0.748. The number of ketones is 1. The Balaban J connectivity index is 2.21. The highest BCUT2D eigenvalue weighted by Crippen LogP contribution is 2.19. The summed E-state index contributed by atoms with van der Waals surface area (Å²) in [5, 5.41) is 0. The van der Waals surface area contributed by atoms with E-state index in [-0.39, 0.29) is 30.4 Å². The average molecular weight is 310 g/mol. The quantitative estimate of drug-likeness (QED) is 0.635. The molecule has 94 valence electrons. The number of benzene rings is 1. The third kappa shape index (κ3) is 2.36. The van der Waals surface area contributed by atoms with Gasteiger partial charge in [0.15, 0.2) is 5.78 Å². The third-order valence-electron chi connectivity index (χ3n) is 2.99. The Morgan fingerprint density at radius 3 is 2.17 bits per heavy atom. The van der Waals surface area contributed by atoms with Crippen molar-refractivity contribution in [2.45, 2.75) is 25.8 Å². The molecule has 1 saturated heterocycles. The van der Waals surface area contributed by atoms with Gasteiger partial charge >= 0.3 is 0 Å². The molecule has 2 amide bonds. The van der Waals surface area contributed by atoms with Crippen LogP contribution in [-0.2, 0) is 9.59 Å². The van der Waals surface area contributed by atoms with Gasteiger partial charge in [0.2, 0.25) is 11.8 Å². The van der Waals surface area contributed by atoms with E-state index in [1.54, 1.807) is 31.2 Å². The molecule has 0 spiro atoms. The number of nitrogens with zero attached hydrogens (tertiary/aromatic N) is 1. The summed E-state index contributed by atoms with van der Waals surface area (Å²) in [6, 6.07) is 6.14. The number of hydrogen-bond donors (Lipinski definition) is 0. The molecule has 0 bridgehead atoms. The van der Waals surface area contributed by atoms with Crippen LogP contribution in [0.15, 0.2) is 28.7 Å². The van der Waals surface area contributed by atoms with Crippen LogP contribution in [0.1, 0.15) is 30.1 Å². The van der Waals surface area contributed by atoms with Crippen LogP contribution in [0, 0.1) is 0 Å². The minimum atomic E-state index is -0.728. The lowest BCUT2D eigenvalue weighted by Gasteiger charge is -2.21. The van der Waals surface area contributed by atoms with E-state index in [4.69, 9.17) is 0 Å². The van der Waals surface area contributed by atoms with Gasteiger partial charge < -0.3 is 0 Å². The Kier molecular flexibility index (Phi) is 3.61. The number of imide groups is 1. The molecule has 5 heteroatoms. The molecule has 0 N–H and O–H groups in total. The van der Waals surface area contributed by atoms with E-state index in [1.165, 1.54) is 0 Å². The predicted molar refractivity (Wildman–Crippen MR) is 69.0 cm³/mol. The maximum atomic E-state index is 12.2. The van der Waals surface area contributed by atoms with Crippen LogP contribution in [0.2, 0.25) is 0 Å². The van der Waals surface area contributed by atoms with Crippen molar-refractivity contribution < 1.29 is 14.4 Å². The summed E-state index contributed by atoms with van der Waals surface area (Å²) in [6.45, 7) is 1.59. The van der Waals surface area contributed by atoms with Gasteiger partial charge in [-0.3, -0.25) is 19.3 Å². The van der Waals surface area contributed by atoms with Crippen molar-refractivity contribution >= 4 is 33.5 Å². The van der Waals surface area contributed by atoms with Crippen LogP contribution in [0.3, 0.4) is 0 Å². The summed E-state index contributed by atoms with van der Waals surface area (Å²) in [6.07, 6.45) is 0.410. The first-order chi connectivity index (χ1) is 8.50. The van der Waals surface area contributed by atoms with E-state index in [1.807, 2.05) is 0 Å². The number of carbonyl (C=O) groups is 3. The number of hydrogen-bond acceptors (Lipinski definition) is 3. The van der Waals surface area contributed by atoms with Crippen LogP contribution < -0.4 is 0 Å². The van der Waals surface area contributed by atoms with Crippen LogP contribution in [0.5, 0.6) is 0 Å². The largest absolute Gasteiger partial charge is 0.292 e. The van der Waals surface area contributed by atoms with Crippen molar-refractivity contribution in [3.63, 3.8) is 0 Å². The van der Waals surface area contributed by atoms with E-state index in [9.17, 15) is 14.4 Å². The molecule has 1 aliphatic rings. The van der Waals surface area contributed by atoms with E-state index in [2.05, 4.69) is 15.9 Å². The maximum absolute atomic E-state index is 12.2. The molecular weight excluding hydrogens is 298 g/mol. The van der Waals surface area contributed by atoms with Crippen molar-refractivity contribution in [3.8, 4) is 0 Å². The smallest absolute Gasteiger partial charge is 0.230 e. The number of amides is 2. The Hall–Kier alpha value is -1.49. The molecule has 4 nitrogen and oxygen atoms in total. The van der Waals surface area contributed by atoms with E-state index < -0.39 is 6.04 Å². The lowest BCUT2D eigenvalue weighted by atomic mass is 10.0. The summed E-state index contributed by atoms with van der Waals surface area (Å²) >= 11 is 3.29. The molecule has 0 unspecified atom stereocenters. The highest BCUT2D eigenvalue weighted by Gasteiger charge is 2.36. The minimum Gasteiger partial charge on any atom is -0.292 e. The predicted octanol–water partition coefficient (Wildman–Crippen LogP) is 2.17. The van der Waals surface area contributed by atoms with Gasteiger partial charge in [0.05, 0.1) is 6.04 Å². The fourth-order valence-electron chi connectivity index (χ4n) is 2.00. The molecule has 1 fully saturated rings. The zero-order valence-electron chi connectivity index (χ0n) is 9.85. The molecule has 1 aliphatic heterocycles. The first-order valence-electron chi connectivity index (χ1n) is 5.65. The summed E-state index contributed by atoms with van der Waals surface area (Å²) in [5.41, 5.74) is 0.498. The Bertz CT molecular complexity index is 493. The Morgan fingerprint density at radius 1 is 1.17 bits per heavy atom. The standard InChI is InChI=1S/C13H12BrNO3/c1-8(15-11(16)6-7-12(15)17)13(18)9-2-4-10(14)5-3-9/h2-5,8H,6-7H2,1H3/t8-/m1/s1. The maximum Gasteiger partial charge on any atom is 0.230 e. The van der Waals surface area contributed by atoms with E-state index >= 15 is 0 Å². The van der Waals surface area contributed by atoms with Gasteiger partial charge in [0.1, 0.15) is 0 Å². The fraction of sp³-hybridized carbons (Fsp3) is 0.308. The fourth-order valence-corrected chi connectivity index (χ4v) is 2.26. The average Bonchev–Trinajstić information content (AvgIpc) is 2.68. The molecule has 18 heavy (non-hydrogen) atoms. The van der Waals surface area contributed by atoms with Crippen LogP contribution in [-0.4, -0.2) is 28.5 Å². The van der Waals surface area contributed by atoms with Crippen molar-refractivity contribution in [1.82, 2.24) is 4.90 Å². The van der Waals surface area contributed by atoms with Gasteiger partial charge in [0, 0.05) is 22.9 Å². The molecule has 1 heterocycles. The van der Waals surface area contributed by atoms with Crippen LogP contribution in [0.4, 0.5) is 0 Å². The van der Waals surface area contributed by atoms with Crippen molar-refractivity contribution in [2.24, 2.45) is 0 Å². The van der Waals surface area contributed by atoms with Gasteiger partial charge in [-0.15, -0.1) is 0 Å². The van der Waals surface area contributed by atoms with Gasteiger partial charge in [0.25, 0.3) is 0 Å². The number of rotatable bonds is 3. The SMILES string of the molecule is C[C@H](C(=O)c1ccc(Br)cc1)N1C(=O)CCC1=O. The summed E-state index contributed by atoms with van der Waals surface area (Å²) in [7, 11) is 0. The number of Topliss-reactive ketones (excluding diaryl/α,β-unsaturated/α-hetero) is 1. The van der Waals surface area contributed by atoms with Crippen molar-refractivity contribution in [2.75, 3.05) is 0 Å². The number of likely N-dealkylation sites (tertiary alicyclic amines) is 1. The highest BCUT2D eigenvalue weighted by molar-refractivity contribution is 9.10. The zero-order valence-corrected chi connectivity index (χ0v) is 11.4. The van der Waals surface area contributed by atoms with Crippen molar-refractivity contribution in [3.05, 3.63) is 34.3 Å². The molecule has 2 rings (SSSR count). The molecule has 0 aromatic heterocycles. The molecular formula is C13H12BrNO3. The molecule has 1 atom stereocenters. The number of halogens is 1. The third-order valence-corrected chi connectivity index (χ3v) is 3.51. The highest BCUT2D eigenvalue weighted by atomic mass is 79.9. The second kappa shape index (κ2) is 5.02. The molecule has 0 saturated carbocycles. The Labute approximate surface area is 113 Å². The van der Waals surface area contributed by atoms with Crippen molar-refractivity contribution in [1.29, 1.82) is 0 Å². The lowest BCUT2D eigenvalue weighted by Crippen LogP contribution is -2.42. The van der Waals surface area contributed by atoms with Crippen LogP contribution in [0.25, 0.3) is 0 Å². The second-order valence-electron chi connectivity index (χ2n) is 4.20. The van der Waals surface area contributed by atoms with E-state index in [0.29, 0.717) is 5.56 Å². The molecule has 0 radical (unpaired) electrons. The lowest BCUT2D eigenvalue weighted by molar-refractivity contribution is -0.139. The van der Waals surface area contributed by atoms with E-state index in [0.717, 1.165) is 9.37 Å². The Morgan fingerprint density at radius 2 is 1.67 bits per heavy atom. The normalized spacial score (nSPS) is 17.1. The summed E-state index contributed by atoms with van der Waals surface area (Å²) in [4.78, 5) is 36.4. The minimum absolute atomic E-state index is 0.205. The molecule has 0 aliphatic carbocycles. The van der Waals surface area contributed by atoms with Gasteiger partial charge in [-0.25, -0.2) is 0 Å². The monoisotopic (exact) mass is 309 g/mol. The summed E-state index contributed by atoms with van der Waals surface area (Å²) < 4.78 is 0.875. The molecule has 1 aromatic rings. The molecule has 1 aromatic carbocycles. The van der Waals surface area contributed by atoms with Crippen LogP contribution >= 0.6 is 15.9 Å². The van der Waals surface area contributed by atoms with Gasteiger partial charge in [-0.1, -0.05) is 28.1 Å².